The molecule has 0 saturated heterocycles. The summed E-state index contributed by atoms with van der Waals surface area (Å²) in [5, 5.41) is 8.14. The molecule has 0 atom stereocenters. The smallest absolute Gasteiger partial charge is 0.147 e. The molecule has 0 N–H and O–H groups in total. The van der Waals surface area contributed by atoms with Gasteiger partial charge >= 0.3 is 0 Å². The van der Waals surface area contributed by atoms with Gasteiger partial charge in [-0.15, -0.1) is 0 Å². The van der Waals surface area contributed by atoms with Gasteiger partial charge in [-0.2, -0.15) is 10.2 Å². The third-order valence-electron chi connectivity index (χ3n) is 4.78. The fraction of sp³-hybridized carbons (Fsp3) is 0.522. The van der Waals surface area contributed by atoms with Crippen LogP contribution in [0.5, 0.6) is 0 Å². The van der Waals surface area contributed by atoms with Crippen molar-refractivity contribution in [1.82, 2.24) is 43.6 Å². The summed E-state index contributed by atoms with van der Waals surface area (Å²) in [7, 11) is 7.82. The predicted molar refractivity (Wildman–Crippen MR) is 129 cm³/mol. The Morgan fingerprint density at radius 3 is 1.09 bits per heavy atom. The van der Waals surface area contributed by atoms with Gasteiger partial charge in [0.25, 0.3) is 0 Å². The van der Waals surface area contributed by atoms with Crippen molar-refractivity contribution in [2.45, 2.75) is 55.4 Å². The highest BCUT2D eigenvalue weighted by Crippen LogP contribution is 1.97. The maximum absolute atomic E-state index is 4.17. The lowest BCUT2D eigenvalue weighted by molar-refractivity contribution is 0.728. The quantitative estimate of drug-likeness (QED) is 0.417. The lowest BCUT2D eigenvalue weighted by Gasteiger charge is -1.87. The molecule has 4 heterocycles. The van der Waals surface area contributed by atoms with Gasteiger partial charge in [0, 0.05) is 46.3 Å². The highest BCUT2D eigenvalue weighted by molar-refractivity contribution is 5.05. The minimum Gasteiger partial charge on any atom is -0.338 e. The van der Waals surface area contributed by atoms with E-state index in [2.05, 4.69) is 31.2 Å². The molecule has 0 radical (unpaired) electrons. The van der Waals surface area contributed by atoms with E-state index in [0.717, 1.165) is 40.4 Å². The molecule has 0 aliphatic heterocycles. The molecule has 32 heavy (non-hydrogen) atoms. The van der Waals surface area contributed by atoms with Crippen molar-refractivity contribution in [3.63, 3.8) is 0 Å². The zero-order valence-electron chi connectivity index (χ0n) is 21.8. The Kier molecular flexibility index (Phi) is 10.0. The van der Waals surface area contributed by atoms with Crippen LogP contribution < -0.4 is 0 Å². The molecule has 0 fully saturated rings. The Morgan fingerprint density at radius 1 is 0.531 bits per heavy atom. The van der Waals surface area contributed by atoms with E-state index in [4.69, 9.17) is 0 Å². The first-order valence-corrected chi connectivity index (χ1v) is 10.5. The summed E-state index contributed by atoms with van der Waals surface area (Å²) in [5.74, 6) is 3.94. The number of imidazole rings is 2. The van der Waals surface area contributed by atoms with E-state index in [9.17, 15) is 0 Å². The minimum atomic E-state index is 0.838. The van der Waals surface area contributed by atoms with Crippen LogP contribution in [0.25, 0.3) is 0 Å². The van der Waals surface area contributed by atoms with Crippen LogP contribution in [0.1, 0.15) is 46.1 Å². The minimum absolute atomic E-state index is 0.838. The van der Waals surface area contributed by atoms with E-state index in [-0.39, 0.29) is 0 Å². The van der Waals surface area contributed by atoms with Gasteiger partial charge in [0.2, 0.25) is 0 Å². The molecule has 9 nitrogen and oxygen atoms in total. The standard InChI is InChI=1S/3C6H10N2.C5H9N3/c2*1-5-4-8(3)6(2)7-5;1-5-4-6(2)8(3)7-5;1-4-6-5(2)8(3)7-4/h3*4H,1-3H3;1-3H3. The van der Waals surface area contributed by atoms with E-state index in [1.54, 1.807) is 4.68 Å². The van der Waals surface area contributed by atoms with E-state index < -0.39 is 0 Å². The summed E-state index contributed by atoms with van der Waals surface area (Å²) in [6, 6.07) is 2.06. The maximum atomic E-state index is 4.17. The summed E-state index contributed by atoms with van der Waals surface area (Å²) in [4.78, 5) is 12.4. The molecule has 0 saturated carbocycles. The summed E-state index contributed by atoms with van der Waals surface area (Å²) >= 11 is 0. The average Bonchev–Trinajstić information content (AvgIpc) is 3.32. The van der Waals surface area contributed by atoms with Gasteiger partial charge in [-0.1, -0.05) is 0 Å². The largest absolute Gasteiger partial charge is 0.338 e. The Balaban J connectivity index is 0.000000213. The van der Waals surface area contributed by atoms with Crippen molar-refractivity contribution in [3.05, 3.63) is 64.5 Å². The van der Waals surface area contributed by atoms with Gasteiger partial charge < -0.3 is 9.13 Å². The first-order chi connectivity index (χ1) is 14.8. The molecule has 0 amide bonds. The van der Waals surface area contributed by atoms with Gasteiger partial charge in [0.05, 0.1) is 17.1 Å². The number of aromatic nitrogens is 9. The molecule has 0 unspecified atom stereocenters. The van der Waals surface area contributed by atoms with E-state index in [1.807, 2.05) is 110 Å². The zero-order valence-corrected chi connectivity index (χ0v) is 21.8. The SMILES string of the molecule is Cc1cc(C)n(C)n1.Cc1cn(C)c(C)n1.Cc1cn(C)c(C)n1.Cc1nc(C)n(C)n1. The van der Waals surface area contributed by atoms with Crippen LogP contribution in [0, 0.1) is 55.4 Å². The van der Waals surface area contributed by atoms with E-state index in [1.165, 1.54) is 5.69 Å². The van der Waals surface area contributed by atoms with Crippen LogP contribution in [0.3, 0.4) is 0 Å². The number of hydrogen-bond donors (Lipinski definition) is 0. The van der Waals surface area contributed by atoms with E-state index in [0.29, 0.717) is 0 Å². The molecule has 4 aromatic heterocycles. The lowest BCUT2D eigenvalue weighted by atomic mass is 10.4. The molecule has 4 rings (SSSR count). The molecular formula is C23H39N9. The summed E-state index contributed by atoms with van der Waals surface area (Å²) in [6.45, 7) is 15.8. The monoisotopic (exact) mass is 441 g/mol. The molecule has 0 spiro atoms. The molecular weight excluding hydrogens is 402 g/mol. The molecule has 0 aromatic carbocycles. The maximum Gasteiger partial charge on any atom is 0.147 e. The highest BCUT2D eigenvalue weighted by atomic mass is 15.3. The second kappa shape index (κ2) is 12.0. The number of nitrogens with zero attached hydrogens (tertiary/aromatic N) is 9. The third kappa shape index (κ3) is 8.87. The fourth-order valence-electron chi connectivity index (χ4n) is 2.83. The normalized spacial score (nSPS) is 9.88. The Labute approximate surface area is 192 Å². The predicted octanol–water partition coefficient (Wildman–Crippen LogP) is 3.54. The summed E-state index contributed by atoms with van der Waals surface area (Å²) in [5.41, 5.74) is 4.47. The van der Waals surface area contributed by atoms with Gasteiger partial charge in [-0.05, 0) is 61.5 Å². The van der Waals surface area contributed by atoms with Crippen molar-refractivity contribution in [3.8, 4) is 0 Å². The molecule has 0 bridgehead atoms. The molecule has 176 valence electrons. The first-order valence-electron chi connectivity index (χ1n) is 10.5. The van der Waals surface area contributed by atoms with E-state index >= 15 is 0 Å². The molecule has 0 aliphatic carbocycles. The van der Waals surface area contributed by atoms with Crippen LogP contribution in [0.2, 0.25) is 0 Å². The van der Waals surface area contributed by atoms with Crippen LogP contribution in [-0.2, 0) is 28.2 Å². The topological polar surface area (TPSA) is 84.2 Å². The number of hydrogen-bond acceptors (Lipinski definition) is 5. The van der Waals surface area contributed by atoms with Gasteiger partial charge in [0.1, 0.15) is 23.3 Å². The van der Waals surface area contributed by atoms with Crippen LogP contribution >= 0.6 is 0 Å². The van der Waals surface area contributed by atoms with Crippen LogP contribution in [0.4, 0.5) is 0 Å². The van der Waals surface area contributed by atoms with Crippen molar-refractivity contribution < 1.29 is 0 Å². The van der Waals surface area contributed by atoms with Gasteiger partial charge in [-0.25, -0.2) is 15.0 Å². The Morgan fingerprint density at radius 2 is 1.00 bits per heavy atom. The molecule has 9 heteroatoms. The van der Waals surface area contributed by atoms with Crippen molar-refractivity contribution in [2.24, 2.45) is 28.2 Å². The summed E-state index contributed by atoms with van der Waals surface area (Å²) in [6.07, 6.45) is 4.02. The van der Waals surface area contributed by atoms with Crippen molar-refractivity contribution in [2.75, 3.05) is 0 Å². The highest BCUT2D eigenvalue weighted by Gasteiger charge is 1.94. The fourth-order valence-corrected chi connectivity index (χ4v) is 2.83. The van der Waals surface area contributed by atoms with Gasteiger partial charge in [-0.3, -0.25) is 9.36 Å². The second-order valence-corrected chi connectivity index (χ2v) is 7.96. The Bertz CT molecular complexity index is 854. The summed E-state index contributed by atoms with van der Waals surface area (Å²) < 4.78 is 7.65. The number of aryl methyl sites for hydroxylation is 12. The van der Waals surface area contributed by atoms with Gasteiger partial charge in [0.15, 0.2) is 0 Å². The zero-order chi connectivity index (χ0) is 24.6. The average molecular weight is 442 g/mol. The van der Waals surface area contributed by atoms with Crippen molar-refractivity contribution in [1.29, 1.82) is 0 Å². The second-order valence-electron chi connectivity index (χ2n) is 7.96. The van der Waals surface area contributed by atoms with Crippen molar-refractivity contribution >= 4 is 0 Å². The molecule has 0 aliphatic rings. The third-order valence-corrected chi connectivity index (χ3v) is 4.78. The number of rotatable bonds is 0. The first kappa shape index (κ1) is 26.8. The Hall–Kier alpha value is -3.23. The van der Waals surface area contributed by atoms with Crippen LogP contribution in [-0.4, -0.2) is 43.6 Å². The molecule has 4 aromatic rings. The van der Waals surface area contributed by atoms with Crippen LogP contribution in [0.15, 0.2) is 18.5 Å². The lowest BCUT2D eigenvalue weighted by Crippen LogP contribution is -1.92.